The first kappa shape index (κ1) is 15.5. The number of rotatable bonds is 5. The van der Waals surface area contributed by atoms with Gasteiger partial charge in [-0.05, 0) is 56.6 Å². The van der Waals surface area contributed by atoms with Crippen LogP contribution in [0.25, 0.3) is 0 Å². The number of benzene rings is 1. The average molecular weight is 278 g/mol. The Morgan fingerprint density at radius 1 is 1.30 bits per heavy atom. The van der Waals surface area contributed by atoms with Gasteiger partial charge in [-0.15, -0.1) is 0 Å². The lowest BCUT2D eigenvalue weighted by Gasteiger charge is -2.24. The Labute approximate surface area is 121 Å². The second-order valence-corrected chi connectivity index (χ2v) is 6.07. The third kappa shape index (κ3) is 4.05. The quantitative estimate of drug-likeness (QED) is 0.814. The summed E-state index contributed by atoms with van der Waals surface area (Å²) in [5.74, 6) is 0.115. The van der Waals surface area contributed by atoms with E-state index in [9.17, 15) is 10.2 Å². The molecule has 3 unspecified atom stereocenters. The minimum Gasteiger partial charge on any atom is -0.391 e. The van der Waals surface area contributed by atoms with Crippen molar-refractivity contribution < 1.29 is 14.9 Å². The molecule has 0 saturated heterocycles. The highest BCUT2D eigenvalue weighted by Gasteiger charge is 2.27. The van der Waals surface area contributed by atoms with E-state index in [1.807, 2.05) is 32.0 Å². The van der Waals surface area contributed by atoms with Crippen molar-refractivity contribution in [3.8, 4) is 0 Å². The Hall–Kier alpha value is -0.900. The molecule has 0 aromatic heterocycles. The van der Waals surface area contributed by atoms with Gasteiger partial charge in [-0.2, -0.15) is 0 Å². The summed E-state index contributed by atoms with van der Waals surface area (Å²) in [5, 5.41) is 20.6. The Morgan fingerprint density at radius 3 is 2.80 bits per heavy atom. The van der Waals surface area contributed by atoms with Gasteiger partial charge in [-0.25, -0.2) is 0 Å². The molecule has 0 bridgehead atoms. The van der Waals surface area contributed by atoms with Gasteiger partial charge in [0.25, 0.3) is 0 Å². The molecule has 3 heteroatoms. The summed E-state index contributed by atoms with van der Waals surface area (Å²) in [5.41, 5.74) is 2.28. The second-order valence-electron chi connectivity index (χ2n) is 6.07. The molecular weight excluding hydrogens is 252 g/mol. The predicted molar refractivity (Wildman–Crippen MR) is 79.5 cm³/mol. The molecule has 1 aromatic rings. The maximum absolute atomic E-state index is 10.6. The second kappa shape index (κ2) is 7.21. The van der Waals surface area contributed by atoms with E-state index >= 15 is 0 Å². The summed E-state index contributed by atoms with van der Waals surface area (Å²) in [4.78, 5) is 0. The lowest BCUT2D eigenvalue weighted by Crippen LogP contribution is -2.24. The summed E-state index contributed by atoms with van der Waals surface area (Å²) in [7, 11) is 0. The summed E-state index contributed by atoms with van der Waals surface area (Å²) in [6.07, 6.45) is 2.80. The highest BCUT2D eigenvalue weighted by atomic mass is 16.5. The number of aliphatic hydroxyl groups is 2. The van der Waals surface area contributed by atoms with E-state index in [-0.39, 0.29) is 12.0 Å². The van der Waals surface area contributed by atoms with Crippen LogP contribution >= 0.6 is 0 Å². The molecule has 0 saturated carbocycles. The van der Waals surface area contributed by atoms with Crippen molar-refractivity contribution in [1.29, 1.82) is 0 Å². The molecule has 0 amide bonds. The molecule has 1 aliphatic rings. The van der Waals surface area contributed by atoms with Crippen molar-refractivity contribution >= 4 is 0 Å². The molecule has 20 heavy (non-hydrogen) atoms. The van der Waals surface area contributed by atoms with Gasteiger partial charge in [-0.1, -0.05) is 24.3 Å². The third-order valence-corrected chi connectivity index (χ3v) is 4.04. The molecule has 2 rings (SSSR count). The third-order valence-electron chi connectivity index (χ3n) is 4.04. The van der Waals surface area contributed by atoms with E-state index in [0.29, 0.717) is 13.0 Å². The number of hydrogen-bond acceptors (Lipinski definition) is 3. The molecule has 112 valence electrons. The SMILES string of the molecule is CC(C)OCC(O)CC1CCCc2ccccc2C1O. The molecular formula is C17H26O3. The summed E-state index contributed by atoms with van der Waals surface area (Å²) < 4.78 is 5.45. The van der Waals surface area contributed by atoms with E-state index in [1.54, 1.807) is 0 Å². The fraction of sp³-hybridized carbons (Fsp3) is 0.647. The Kier molecular flexibility index (Phi) is 5.58. The molecule has 2 N–H and O–H groups in total. The van der Waals surface area contributed by atoms with Crippen molar-refractivity contribution in [2.45, 2.75) is 57.8 Å². The van der Waals surface area contributed by atoms with Crippen molar-refractivity contribution in [3.63, 3.8) is 0 Å². The zero-order chi connectivity index (χ0) is 14.5. The lowest BCUT2D eigenvalue weighted by molar-refractivity contribution is -0.0171. The minimum atomic E-state index is -0.498. The number of aryl methyl sites for hydroxylation is 1. The fourth-order valence-corrected chi connectivity index (χ4v) is 2.98. The van der Waals surface area contributed by atoms with Crippen LogP contribution in [0.5, 0.6) is 0 Å². The van der Waals surface area contributed by atoms with E-state index in [1.165, 1.54) is 5.56 Å². The maximum atomic E-state index is 10.6. The van der Waals surface area contributed by atoms with Crippen LogP contribution in [0.3, 0.4) is 0 Å². The molecule has 1 aliphatic carbocycles. The van der Waals surface area contributed by atoms with Crippen molar-refractivity contribution in [2.75, 3.05) is 6.61 Å². The van der Waals surface area contributed by atoms with Gasteiger partial charge in [0.2, 0.25) is 0 Å². The summed E-state index contributed by atoms with van der Waals surface area (Å²) in [6, 6.07) is 8.11. The van der Waals surface area contributed by atoms with Crippen molar-refractivity contribution in [2.24, 2.45) is 5.92 Å². The fourth-order valence-electron chi connectivity index (χ4n) is 2.98. The molecule has 0 radical (unpaired) electrons. The largest absolute Gasteiger partial charge is 0.391 e. The Balaban J connectivity index is 1.99. The van der Waals surface area contributed by atoms with E-state index in [4.69, 9.17) is 4.74 Å². The highest BCUT2D eigenvalue weighted by Crippen LogP contribution is 2.35. The molecule has 3 atom stereocenters. The normalized spacial score (nSPS) is 24.2. The molecule has 0 heterocycles. The summed E-state index contributed by atoms with van der Waals surface area (Å²) in [6.45, 7) is 4.27. The van der Waals surface area contributed by atoms with Crippen molar-refractivity contribution in [3.05, 3.63) is 35.4 Å². The maximum Gasteiger partial charge on any atom is 0.0821 e. The lowest BCUT2D eigenvalue weighted by atomic mass is 9.89. The van der Waals surface area contributed by atoms with Gasteiger partial charge in [-0.3, -0.25) is 0 Å². The van der Waals surface area contributed by atoms with E-state index in [2.05, 4.69) is 6.07 Å². The number of ether oxygens (including phenoxy) is 1. The van der Waals surface area contributed by atoms with Gasteiger partial charge in [0, 0.05) is 0 Å². The van der Waals surface area contributed by atoms with Gasteiger partial charge in [0.15, 0.2) is 0 Å². The first-order valence-electron chi connectivity index (χ1n) is 7.63. The predicted octanol–water partition coefficient (Wildman–Crippen LogP) is 2.85. The summed E-state index contributed by atoms with van der Waals surface area (Å²) >= 11 is 0. The van der Waals surface area contributed by atoms with Crippen molar-refractivity contribution in [1.82, 2.24) is 0 Å². The number of fused-ring (bicyclic) bond motifs is 1. The van der Waals surface area contributed by atoms with E-state index in [0.717, 1.165) is 24.8 Å². The van der Waals surface area contributed by atoms with Crippen LogP contribution in [-0.4, -0.2) is 29.0 Å². The molecule has 0 spiro atoms. The average Bonchev–Trinajstić information content (AvgIpc) is 2.58. The van der Waals surface area contributed by atoms with Crippen LogP contribution in [0.2, 0.25) is 0 Å². The van der Waals surface area contributed by atoms with Crippen LogP contribution < -0.4 is 0 Å². The van der Waals surface area contributed by atoms with Crippen LogP contribution in [-0.2, 0) is 11.2 Å². The topological polar surface area (TPSA) is 49.7 Å². The van der Waals surface area contributed by atoms with Crippen LogP contribution in [0.15, 0.2) is 24.3 Å². The van der Waals surface area contributed by atoms with Gasteiger partial charge in [0.05, 0.1) is 24.9 Å². The molecule has 0 aliphatic heterocycles. The van der Waals surface area contributed by atoms with Crippen LogP contribution in [0.4, 0.5) is 0 Å². The van der Waals surface area contributed by atoms with Gasteiger partial charge >= 0.3 is 0 Å². The molecule has 0 fully saturated rings. The molecule has 3 nitrogen and oxygen atoms in total. The van der Waals surface area contributed by atoms with Crippen LogP contribution in [0, 0.1) is 5.92 Å². The zero-order valence-electron chi connectivity index (χ0n) is 12.5. The van der Waals surface area contributed by atoms with Gasteiger partial charge < -0.3 is 14.9 Å². The standard InChI is InChI=1S/C17H26O3/c1-12(2)20-11-15(18)10-14-8-5-7-13-6-3-4-9-16(13)17(14)19/h3-4,6,9,12,14-15,17-19H,5,7-8,10-11H2,1-2H3. The smallest absolute Gasteiger partial charge is 0.0821 e. The van der Waals surface area contributed by atoms with Gasteiger partial charge in [0.1, 0.15) is 0 Å². The van der Waals surface area contributed by atoms with Crippen LogP contribution in [0.1, 0.15) is 50.3 Å². The molecule has 1 aromatic carbocycles. The zero-order valence-corrected chi connectivity index (χ0v) is 12.5. The van der Waals surface area contributed by atoms with E-state index < -0.39 is 12.2 Å². The monoisotopic (exact) mass is 278 g/mol. The Morgan fingerprint density at radius 2 is 2.05 bits per heavy atom. The first-order valence-corrected chi connectivity index (χ1v) is 7.63. The first-order chi connectivity index (χ1) is 9.58. The number of hydrogen-bond donors (Lipinski definition) is 2. The minimum absolute atomic E-state index is 0.115. The Bertz CT molecular complexity index is 416. The number of aliphatic hydroxyl groups excluding tert-OH is 2. The highest BCUT2D eigenvalue weighted by molar-refractivity contribution is 5.30.